The predicted octanol–water partition coefficient (Wildman–Crippen LogP) is 2.63. The number of benzene rings is 1. The summed E-state index contributed by atoms with van der Waals surface area (Å²) in [5.74, 6) is 0.295. The Hall–Kier alpha value is -1.92. The van der Waals surface area contributed by atoms with Gasteiger partial charge in [0, 0.05) is 22.4 Å². The highest BCUT2D eigenvalue weighted by Crippen LogP contribution is 2.17. The number of aromatic nitrogens is 1. The van der Waals surface area contributed by atoms with Crippen molar-refractivity contribution in [1.29, 1.82) is 0 Å². The van der Waals surface area contributed by atoms with Crippen LogP contribution in [0.15, 0.2) is 40.9 Å². The molecule has 0 saturated carbocycles. The number of amides is 1. The number of pyridine rings is 1. The number of nitrogens with zero attached hydrogens (tertiary/aromatic N) is 1. The van der Waals surface area contributed by atoms with Crippen LogP contribution in [0.2, 0.25) is 0 Å². The number of aryl methyl sites for hydroxylation is 1. The maximum Gasteiger partial charge on any atom is 0.262 e. The van der Waals surface area contributed by atoms with Gasteiger partial charge in [-0.15, -0.1) is 0 Å². The number of ether oxygens (including phenoxy) is 1. The van der Waals surface area contributed by atoms with Crippen LogP contribution in [-0.4, -0.2) is 17.5 Å². The molecule has 0 aliphatic carbocycles. The van der Waals surface area contributed by atoms with E-state index in [0.29, 0.717) is 17.1 Å². The smallest absolute Gasteiger partial charge is 0.262 e. The summed E-state index contributed by atoms with van der Waals surface area (Å²) in [5, 5.41) is 2.76. The first-order chi connectivity index (χ1) is 10.1. The molecule has 0 radical (unpaired) electrons. The highest BCUT2D eigenvalue weighted by molar-refractivity contribution is 9.10. The van der Waals surface area contributed by atoms with Gasteiger partial charge in [0.1, 0.15) is 5.75 Å². The van der Waals surface area contributed by atoms with Crippen molar-refractivity contribution in [1.82, 2.24) is 4.98 Å². The van der Waals surface area contributed by atoms with Gasteiger partial charge < -0.3 is 15.8 Å². The predicted molar refractivity (Wildman–Crippen MR) is 85.1 cm³/mol. The van der Waals surface area contributed by atoms with E-state index < -0.39 is 0 Å². The van der Waals surface area contributed by atoms with Crippen molar-refractivity contribution < 1.29 is 9.53 Å². The number of halogens is 1. The van der Waals surface area contributed by atoms with Crippen molar-refractivity contribution in [2.75, 3.05) is 11.9 Å². The zero-order chi connectivity index (χ0) is 15.2. The van der Waals surface area contributed by atoms with Crippen molar-refractivity contribution in [2.24, 2.45) is 5.73 Å². The molecule has 0 aliphatic rings. The summed E-state index contributed by atoms with van der Waals surface area (Å²) < 4.78 is 6.38. The molecule has 0 saturated heterocycles. The van der Waals surface area contributed by atoms with Crippen molar-refractivity contribution >= 4 is 27.5 Å². The number of carbonyl (C=O) groups is 1. The second-order valence-corrected chi connectivity index (χ2v) is 5.36. The fourth-order valence-corrected chi connectivity index (χ4v) is 2.18. The lowest BCUT2D eigenvalue weighted by atomic mass is 10.3. The van der Waals surface area contributed by atoms with E-state index >= 15 is 0 Å². The second-order valence-electron chi connectivity index (χ2n) is 4.45. The molecule has 6 heteroatoms. The van der Waals surface area contributed by atoms with Crippen LogP contribution < -0.4 is 15.8 Å². The maximum atomic E-state index is 11.9. The molecule has 0 unspecified atom stereocenters. The SMILES string of the molecule is Cc1ccc(OCC(=O)Nc2cccc(Br)c2)c(CN)n1. The molecule has 110 valence electrons. The zero-order valence-corrected chi connectivity index (χ0v) is 13.2. The van der Waals surface area contributed by atoms with E-state index in [4.69, 9.17) is 10.5 Å². The summed E-state index contributed by atoms with van der Waals surface area (Å²) in [6, 6.07) is 10.9. The Morgan fingerprint density at radius 1 is 1.38 bits per heavy atom. The van der Waals surface area contributed by atoms with E-state index in [-0.39, 0.29) is 19.1 Å². The van der Waals surface area contributed by atoms with Gasteiger partial charge in [-0.3, -0.25) is 9.78 Å². The van der Waals surface area contributed by atoms with Gasteiger partial charge in [-0.1, -0.05) is 22.0 Å². The number of rotatable bonds is 5. The third-order valence-electron chi connectivity index (χ3n) is 2.73. The standard InChI is InChI=1S/C15H16BrN3O2/c1-10-5-6-14(13(8-17)18-10)21-9-15(20)19-12-4-2-3-11(16)7-12/h2-7H,8-9,17H2,1H3,(H,19,20). The third kappa shape index (κ3) is 4.54. The quantitative estimate of drug-likeness (QED) is 0.869. The number of hydrogen-bond acceptors (Lipinski definition) is 4. The lowest BCUT2D eigenvalue weighted by Gasteiger charge is -2.10. The number of nitrogens with two attached hydrogens (primary N) is 1. The Morgan fingerprint density at radius 3 is 2.90 bits per heavy atom. The lowest BCUT2D eigenvalue weighted by molar-refractivity contribution is -0.118. The zero-order valence-electron chi connectivity index (χ0n) is 11.6. The van der Waals surface area contributed by atoms with Crippen LogP contribution in [-0.2, 0) is 11.3 Å². The van der Waals surface area contributed by atoms with Crippen LogP contribution in [0.25, 0.3) is 0 Å². The fourth-order valence-electron chi connectivity index (χ4n) is 1.78. The number of carbonyl (C=O) groups excluding carboxylic acids is 1. The molecule has 5 nitrogen and oxygen atoms in total. The lowest BCUT2D eigenvalue weighted by Crippen LogP contribution is -2.21. The third-order valence-corrected chi connectivity index (χ3v) is 3.23. The highest BCUT2D eigenvalue weighted by atomic mass is 79.9. The number of hydrogen-bond donors (Lipinski definition) is 2. The number of anilines is 1. The average Bonchev–Trinajstić information content (AvgIpc) is 2.45. The van der Waals surface area contributed by atoms with E-state index in [1.807, 2.05) is 31.2 Å². The molecule has 21 heavy (non-hydrogen) atoms. The molecule has 1 aromatic heterocycles. The molecular formula is C15H16BrN3O2. The molecular weight excluding hydrogens is 334 g/mol. The molecule has 1 heterocycles. The molecule has 0 spiro atoms. The summed E-state index contributed by atoms with van der Waals surface area (Å²) in [7, 11) is 0. The highest BCUT2D eigenvalue weighted by Gasteiger charge is 2.08. The van der Waals surface area contributed by atoms with Crippen LogP contribution in [0.5, 0.6) is 5.75 Å². The van der Waals surface area contributed by atoms with Crippen LogP contribution in [0.3, 0.4) is 0 Å². The van der Waals surface area contributed by atoms with Gasteiger partial charge in [-0.25, -0.2) is 0 Å². The van der Waals surface area contributed by atoms with Gasteiger partial charge in [0.2, 0.25) is 0 Å². The van der Waals surface area contributed by atoms with Gasteiger partial charge in [0.25, 0.3) is 5.91 Å². The minimum atomic E-state index is -0.239. The van der Waals surface area contributed by atoms with Gasteiger partial charge >= 0.3 is 0 Å². The van der Waals surface area contributed by atoms with E-state index in [1.165, 1.54) is 0 Å². The first-order valence-electron chi connectivity index (χ1n) is 6.43. The van der Waals surface area contributed by atoms with Crippen molar-refractivity contribution in [3.8, 4) is 5.75 Å². The average molecular weight is 350 g/mol. The molecule has 0 aliphatic heterocycles. The monoisotopic (exact) mass is 349 g/mol. The van der Waals surface area contributed by atoms with Crippen molar-refractivity contribution in [3.05, 3.63) is 52.3 Å². The molecule has 1 amide bonds. The van der Waals surface area contributed by atoms with Crippen molar-refractivity contribution in [2.45, 2.75) is 13.5 Å². The normalized spacial score (nSPS) is 10.2. The Morgan fingerprint density at radius 2 is 2.19 bits per heavy atom. The summed E-state index contributed by atoms with van der Waals surface area (Å²) in [5.41, 5.74) is 7.83. The molecule has 1 aromatic carbocycles. The molecule has 0 atom stereocenters. The first-order valence-corrected chi connectivity index (χ1v) is 7.22. The minimum absolute atomic E-state index is 0.0930. The van der Waals surface area contributed by atoms with Gasteiger partial charge in [0.05, 0.1) is 5.69 Å². The summed E-state index contributed by atoms with van der Waals surface area (Å²) in [6.07, 6.45) is 0. The summed E-state index contributed by atoms with van der Waals surface area (Å²) in [4.78, 5) is 16.1. The summed E-state index contributed by atoms with van der Waals surface area (Å²) >= 11 is 3.35. The topological polar surface area (TPSA) is 77.2 Å². The summed E-state index contributed by atoms with van der Waals surface area (Å²) in [6.45, 7) is 2.05. The molecule has 2 rings (SSSR count). The number of nitrogens with one attached hydrogen (secondary N) is 1. The van der Waals surface area contributed by atoms with Crippen LogP contribution in [0, 0.1) is 6.92 Å². The van der Waals surface area contributed by atoms with Gasteiger partial charge in [-0.05, 0) is 37.3 Å². The van der Waals surface area contributed by atoms with Crippen molar-refractivity contribution in [3.63, 3.8) is 0 Å². The Kier molecular flexibility index (Phi) is 5.30. The van der Waals surface area contributed by atoms with Crippen LogP contribution in [0.1, 0.15) is 11.4 Å². The largest absolute Gasteiger partial charge is 0.482 e. The Labute approximate surface area is 131 Å². The van der Waals surface area contributed by atoms with E-state index in [9.17, 15) is 4.79 Å². The van der Waals surface area contributed by atoms with Gasteiger partial charge in [-0.2, -0.15) is 0 Å². The van der Waals surface area contributed by atoms with E-state index in [0.717, 1.165) is 10.2 Å². The van der Waals surface area contributed by atoms with Crippen LogP contribution >= 0.6 is 15.9 Å². The van der Waals surface area contributed by atoms with E-state index in [2.05, 4.69) is 26.2 Å². The molecule has 2 aromatic rings. The molecule has 0 fully saturated rings. The van der Waals surface area contributed by atoms with E-state index in [1.54, 1.807) is 12.1 Å². The minimum Gasteiger partial charge on any atom is -0.482 e. The van der Waals surface area contributed by atoms with Crippen LogP contribution in [0.4, 0.5) is 5.69 Å². The maximum absolute atomic E-state index is 11.9. The molecule has 3 N–H and O–H groups in total. The first kappa shape index (κ1) is 15.5. The molecule has 0 bridgehead atoms. The Bertz CT molecular complexity index is 647. The second kappa shape index (κ2) is 7.19. The Balaban J connectivity index is 1.95. The van der Waals surface area contributed by atoms with Gasteiger partial charge in [0.15, 0.2) is 6.61 Å². The fraction of sp³-hybridized carbons (Fsp3) is 0.200.